The summed E-state index contributed by atoms with van der Waals surface area (Å²) in [5, 5.41) is -0.887. The minimum atomic E-state index is -0.444. The molecule has 7 heteroatoms. The fourth-order valence-corrected chi connectivity index (χ4v) is 5.52. The lowest BCUT2D eigenvalue weighted by atomic mass is 10.2. The van der Waals surface area contributed by atoms with Crippen LogP contribution in [-0.4, -0.2) is 53.6 Å². The Labute approximate surface area is 132 Å². The van der Waals surface area contributed by atoms with Crippen LogP contribution in [0.3, 0.4) is 0 Å². The van der Waals surface area contributed by atoms with E-state index in [1.54, 1.807) is 31.0 Å². The average molecular weight is 324 g/mol. The van der Waals surface area contributed by atoms with Crippen molar-refractivity contribution in [1.29, 1.82) is 0 Å². The zero-order valence-electron chi connectivity index (χ0n) is 12.0. The third-order valence-electron chi connectivity index (χ3n) is 3.71. The Kier molecular flexibility index (Phi) is 3.79. The first-order valence-corrected chi connectivity index (χ1v) is 8.39. The highest BCUT2D eigenvalue weighted by atomic mass is 32.2. The maximum absolute atomic E-state index is 12.3. The van der Waals surface area contributed by atoms with E-state index in [0.717, 1.165) is 11.3 Å². The monoisotopic (exact) mass is 324 g/mol. The van der Waals surface area contributed by atoms with Crippen LogP contribution in [0, 0.1) is 0 Å². The van der Waals surface area contributed by atoms with Gasteiger partial charge in [0.1, 0.15) is 5.75 Å². The number of piperazine rings is 1. The number of thioether (sulfide) groups is 2. The van der Waals surface area contributed by atoms with Gasteiger partial charge in [0.15, 0.2) is 10.7 Å². The van der Waals surface area contributed by atoms with E-state index in [4.69, 9.17) is 4.74 Å². The summed E-state index contributed by atoms with van der Waals surface area (Å²) in [5.74, 6) is 0.790. The van der Waals surface area contributed by atoms with E-state index in [-0.39, 0.29) is 16.4 Å². The molecule has 0 radical (unpaired) electrons. The van der Waals surface area contributed by atoms with Crippen molar-refractivity contribution in [2.75, 3.05) is 21.2 Å². The quantitative estimate of drug-likeness (QED) is 0.830. The lowest BCUT2D eigenvalue weighted by Gasteiger charge is -2.37. The number of ether oxygens (including phenoxy) is 1. The number of methoxy groups -OCH3 is 1. The summed E-state index contributed by atoms with van der Waals surface area (Å²) in [6.45, 7) is 0. The molecule has 0 aliphatic carbocycles. The molecule has 3 saturated heterocycles. The standard InChI is InChI=1S/C14H16N2O3S2/c1-15-10(17)13-16(2)11(18)12(15)20-14(21-13)8-4-6-9(19-3)7-5-8/h4-7,12-14H,1-3H3/t12-,13?,14?/m1/s1. The minimum absolute atomic E-state index is 0.00406. The van der Waals surface area contributed by atoms with Gasteiger partial charge in [0, 0.05) is 14.1 Å². The third kappa shape index (κ3) is 2.38. The average Bonchev–Trinajstić information content (AvgIpc) is 2.72. The fourth-order valence-electron chi connectivity index (χ4n) is 2.39. The van der Waals surface area contributed by atoms with Gasteiger partial charge in [0.05, 0.1) is 11.7 Å². The van der Waals surface area contributed by atoms with Crippen LogP contribution in [0.1, 0.15) is 10.1 Å². The molecule has 3 aliphatic heterocycles. The van der Waals surface area contributed by atoms with Crippen LogP contribution in [0.25, 0.3) is 0 Å². The van der Waals surface area contributed by atoms with E-state index in [1.165, 1.54) is 23.5 Å². The number of carbonyl (C=O) groups excluding carboxylic acids is 2. The van der Waals surface area contributed by atoms with Gasteiger partial charge in [-0.1, -0.05) is 12.1 Å². The molecule has 112 valence electrons. The molecule has 2 unspecified atom stereocenters. The normalized spacial score (nSPS) is 28.8. The highest BCUT2D eigenvalue weighted by molar-refractivity contribution is 8.17. The Balaban J connectivity index is 1.92. The van der Waals surface area contributed by atoms with Crippen molar-refractivity contribution in [3.8, 4) is 5.75 Å². The Morgan fingerprint density at radius 2 is 1.43 bits per heavy atom. The number of amides is 2. The Hall–Kier alpha value is -1.34. The van der Waals surface area contributed by atoms with E-state index in [0.29, 0.717) is 0 Å². The van der Waals surface area contributed by atoms with Gasteiger partial charge in [-0.3, -0.25) is 9.59 Å². The molecule has 4 rings (SSSR count). The van der Waals surface area contributed by atoms with Gasteiger partial charge in [-0.25, -0.2) is 0 Å². The SMILES string of the molecule is COc1ccc(C2SC3C(=O)N(C)[C@H](S2)C(=O)N3C)cc1. The van der Waals surface area contributed by atoms with Crippen LogP contribution in [0.5, 0.6) is 5.75 Å². The maximum Gasteiger partial charge on any atom is 0.256 e. The molecular formula is C14H16N2O3S2. The molecule has 0 aromatic heterocycles. The molecule has 3 fully saturated rings. The Morgan fingerprint density at radius 3 is 1.86 bits per heavy atom. The molecule has 3 aliphatic rings. The lowest BCUT2D eigenvalue weighted by molar-refractivity contribution is -0.150. The molecular weight excluding hydrogens is 308 g/mol. The highest BCUT2D eigenvalue weighted by Crippen LogP contribution is 2.51. The maximum atomic E-state index is 12.3. The topological polar surface area (TPSA) is 49.9 Å². The van der Waals surface area contributed by atoms with E-state index in [1.807, 2.05) is 24.3 Å². The van der Waals surface area contributed by atoms with Crippen molar-refractivity contribution in [3.05, 3.63) is 29.8 Å². The third-order valence-corrected chi connectivity index (χ3v) is 6.97. The van der Waals surface area contributed by atoms with Gasteiger partial charge in [-0.15, -0.1) is 23.5 Å². The summed E-state index contributed by atoms with van der Waals surface area (Å²) in [6.07, 6.45) is 0. The molecule has 21 heavy (non-hydrogen) atoms. The van der Waals surface area contributed by atoms with Gasteiger partial charge in [0.2, 0.25) is 0 Å². The summed E-state index contributed by atoms with van der Waals surface area (Å²) in [4.78, 5) is 27.8. The van der Waals surface area contributed by atoms with Crippen LogP contribution in [-0.2, 0) is 9.59 Å². The largest absolute Gasteiger partial charge is 0.497 e. The van der Waals surface area contributed by atoms with Gasteiger partial charge in [-0.2, -0.15) is 0 Å². The number of benzene rings is 1. The minimum Gasteiger partial charge on any atom is -0.497 e. The molecule has 0 N–H and O–H groups in total. The van der Waals surface area contributed by atoms with E-state index < -0.39 is 10.7 Å². The second kappa shape index (κ2) is 5.46. The van der Waals surface area contributed by atoms with Crippen LogP contribution >= 0.6 is 23.5 Å². The number of nitrogens with zero attached hydrogens (tertiary/aromatic N) is 2. The summed E-state index contributed by atoms with van der Waals surface area (Å²) in [7, 11) is 5.04. The number of hydrogen-bond acceptors (Lipinski definition) is 5. The molecule has 0 saturated carbocycles. The van der Waals surface area contributed by atoms with Crippen LogP contribution in [0.2, 0.25) is 0 Å². The zero-order valence-corrected chi connectivity index (χ0v) is 13.6. The molecule has 3 atom stereocenters. The summed E-state index contributed by atoms with van der Waals surface area (Å²) < 4.78 is 5.22. The first-order valence-electron chi connectivity index (χ1n) is 6.51. The molecule has 1 aromatic carbocycles. The number of likely N-dealkylation sites (N-methyl/N-ethyl adjacent to an activating group) is 2. The molecule has 5 nitrogen and oxygen atoms in total. The van der Waals surface area contributed by atoms with E-state index >= 15 is 0 Å². The van der Waals surface area contributed by atoms with Crippen LogP contribution in [0.4, 0.5) is 0 Å². The fraction of sp³-hybridized carbons (Fsp3) is 0.429. The van der Waals surface area contributed by atoms with Crippen molar-refractivity contribution < 1.29 is 14.3 Å². The van der Waals surface area contributed by atoms with Crippen LogP contribution in [0.15, 0.2) is 24.3 Å². The van der Waals surface area contributed by atoms with Gasteiger partial charge >= 0.3 is 0 Å². The zero-order chi connectivity index (χ0) is 15.1. The van der Waals surface area contributed by atoms with Crippen LogP contribution < -0.4 is 4.74 Å². The second-order valence-corrected chi connectivity index (χ2v) is 7.66. The summed E-state index contributed by atoms with van der Waals surface area (Å²) in [6, 6.07) is 7.78. The first-order chi connectivity index (χ1) is 10.0. The number of fused-ring (bicyclic) bond motifs is 4. The highest BCUT2D eigenvalue weighted by Gasteiger charge is 2.49. The Morgan fingerprint density at radius 1 is 0.952 bits per heavy atom. The van der Waals surface area contributed by atoms with Crippen molar-refractivity contribution in [3.63, 3.8) is 0 Å². The van der Waals surface area contributed by atoms with Crippen molar-refractivity contribution >= 4 is 35.3 Å². The first kappa shape index (κ1) is 14.6. The number of carbonyl (C=O) groups is 2. The van der Waals surface area contributed by atoms with Gasteiger partial charge in [-0.05, 0) is 17.7 Å². The summed E-state index contributed by atoms with van der Waals surface area (Å²) >= 11 is 3.04. The van der Waals surface area contributed by atoms with Crippen molar-refractivity contribution in [1.82, 2.24) is 9.80 Å². The van der Waals surface area contributed by atoms with Crippen molar-refractivity contribution in [2.45, 2.75) is 15.3 Å². The van der Waals surface area contributed by atoms with E-state index in [2.05, 4.69) is 0 Å². The number of rotatable bonds is 2. The van der Waals surface area contributed by atoms with Gasteiger partial charge in [0.25, 0.3) is 11.8 Å². The Bertz CT molecular complexity index is 550. The lowest BCUT2D eigenvalue weighted by Crippen LogP contribution is -2.58. The second-order valence-electron chi connectivity index (χ2n) is 4.98. The number of hydrogen-bond donors (Lipinski definition) is 0. The van der Waals surface area contributed by atoms with Gasteiger partial charge < -0.3 is 14.5 Å². The predicted molar refractivity (Wildman–Crippen MR) is 84.0 cm³/mol. The molecule has 1 aromatic rings. The van der Waals surface area contributed by atoms with E-state index in [9.17, 15) is 9.59 Å². The molecule has 2 bridgehead atoms. The smallest absolute Gasteiger partial charge is 0.256 e. The molecule has 2 amide bonds. The summed E-state index contributed by atoms with van der Waals surface area (Å²) in [5.41, 5.74) is 1.09. The predicted octanol–water partition coefficient (Wildman–Crippen LogP) is 1.76. The molecule has 3 heterocycles. The molecule has 0 spiro atoms. The van der Waals surface area contributed by atoms with Crippen molar-refractivity contribution in [2.24, 2.45) is 0 Å².